The van der Waals surface area contributed by atoms with E-state index in [4.69, 9.17) is 10.5 Å². The number of ether oxygens (including phenoxy) is 1. The molecule has 1 aromatic heterocycles. The SMILES string of the molecule is C[C@H](Oc1cccc(Br)c1)C(=O)Nc1sc(-c2ccccc2)cc1C(N)=O. The fourth-order valence-electron chi connectivity index (χ4n) is 2.42. The summed E-state index contributed by atoms with van der Waals surface area (Å²) in [6, 6.07) is 18.5. The van der Waals surface area contributed by atoms with Gasteiger partial charge in [0.25, 0.3) is 11.8 Å². The molecule has 5 nitrogen and oxygen atoms in total. The zero-order valence-electron chi connectivity index (χ0n) is 14.4. The van der Waals surface area contributed by atoms with Gasteiger partial charge in [0.05, 0.1) is 5.56 Å². The van der Waals surface area contributed by atoms with E-state index in [0.717, 1.165) is 14.9 Å². The van der Waals surface area contributed by atoms with E-state index in [1.807, 2.05) is 42.5 Å². The molecule has 3 rings (SSSR count). The number of thiophene rings is 1. The van der Waals surface area contributed by atoms with Crippen molar-refractivity contribution in [2.45, 2.75) is 13.0 Å². The summed E-state index contributed by atoms with van der Waals surface area (Å²) in [5.74, 6) is -0.387. The molecule has 0 saturated carbocycles. The lowest BCUT2D eigenvalue weighted by Crippen LogP contribution is -2.30. The van der Waals surface area contributed by atoms with Gasteiger partial charge < -0.3 is 15.8 Å². The Hall–Kier alpha value is -2.64. The predicted molar refractivity (Wildman–Crippen MR) is 111 cm³/mol. The smallest absolute Gasteiger partial charge is 0.265 e. The van der Waals surface area contributed by atoms with E-state index in [1.165, 1.54) is 11.3 Å². The minimum Gasteiger partial charge on any atom is -0.481 e. The number of hydrogen-bond acceptors (Lipinski definition) is 4. The van der Waals surface area contributed by atoms with Crippen molar-refractivity contribution < 1.29 is 14.3 Å². The Labute approximate surface area is 169 Å². The molecule has 2 amide bonds. The van der Waals surface area contributed by atoms with Crippen LogP contribution in [0.2, 0.25) is 0 Å². The number of carbonyl (C=O) groups excluding carboxylic acids is 2. The van der Waals surface area contributed by atoms with Crippen molar-refractivity contribution in [3.05, 3.63) is 70.7 Å². The standard InChI is InChI=1S/C20H17BrN2O3S/c1-12(26-15-9-5-8-14(21)10-15)19(25)23-20-16(18(22)24)11-17(27-20)13-6-3-2-4-7-13/h2-12H,1H3,(H2,22,24)(H,23,25)/t12-/m0/s1. The van der Waals surface area contributed by atoms with Gasteiger partial charge in [0.1, 0.15) is 10.8 Å². The molecule has 0 unspecified atom stereocenters. The summed E-state index contributed by atoms with van der Waals surface area (Å²) in [5, 5.41) is 3.17. The van der Waals surface area contributed by atoms with E-state index in [0.29, 0.717) is 10.8 Å². The molecule has 0 saturated heterocycles. The van der Waals surface area contributed by atoms with Crippen LogP contribution >= 0.6 is 27.3 Å². The number of benzene rings is 2. The van der Waals surface area contributed by atoms with Gasteiger partial charge in [0, 0.05) is 9.35 Å². The van der Waals surface area contributed by atoms with Crippen molar-refractivity contribution in [2.75, 3.05) is 5.32 Å². The molecule has 0 radical (unpaired) electrons. The van der Waals surface area contributed by atoms with Crippen molar-refractivity contribution in [1.82, 2.24) is 0 Å². The van der Waals surface area contributed by atoms with Crippen molar-refractivity contribution >= 4 is 44.1 Å². The summed E-state index contributed by atoms with van der Waals surface area (Å²) in [6.45, 7) is 1.64. The fraction of sp³-hybridized carbons (Fsp3) is 0.100. The second kappa shape index (κ2) is 8.37. The molecule has 3 N–H and O–H groups in total. The minimum absolute atomic E-state index is 0.279. The number of nitrogens with two attached hydrogens (primary N) is 1. The number of carbonyl (C=O) groups is 2. The van der Waals surface area contributed by atoms with Crippen LogP contribution in [0.25, 0.3) is 10.4 Å². The molecule has 0 aliphatic carbocycles. The summed E-state index contributed by atoms with van der Waals surface area (Å²) < 4.78 is 6.52. The topological polar surface area (TPSA) is 81.4 Å². The summed E-state index contributed by atoms with van der Waals surface area (Å²) >= 11 is 4.66. The molecule has 1 atom stereocenters. The van der Waals surface area contributed by atoms with Gasteiger partial charge in [0.15, 0.2) is 6.10 Å². The highest BCUT2D eigenvalue weighted by atomic mass is 79.9. The van der Waals surface area contributed by atoms with Gasteiger partial charge in [-0.05, 0) is 36.8 Å². The van der Waals surface area contributed by atoms with E-state index in [1.54, 1.807) is 25.1 Å². The maximum absolute atomic E-state index is 12.5. The zero-order valence-corrected chi connectivity index (χ0v) is 16.8. The Balaban J connectivity index is 1.78. The Morgan fingerprint density at radius 2 is 1.85 bits per heavy atom. The van der Waals surface area contributed by atoms with Gasteiger partial charge in [-0.2, -0.15) is 0 Å². The van der Waals surface area contributed by atoms with Crippen LogP contribution in [0.5, 0.6) is 5.75 Å². The number of rotatable bonds is 6. The molecule has 0 fully saturated rings. The Bertz CT molecular complexity index is 972. The van der Waals surface area contributed by atoms with E-state index >= 15 is 0 Å². The van der Waals surface area contributed by atoms with Crippen LogP contribution in [0.4, 0.5) is 5.00 Å². The monoisotopic (exact) mass is 444 g/mol. The molecular formula is C20H17BrN2O3S. The highest BCUT2D eigenvalue weighted by Gasteiger charge is 2.21. The van der Waals surface area contributed by atoms with E-state index in [-0.39, 0.29) is 11.5 Å². The highest BCUT2D eigenvalue weighted by Crippen LogP contribution is 2.35. The number of primary amides is 1. The van der Waals surface area contributed by atoms with Crippen LogP contribution in [-0.2, 0) is 4.79 Å². The normalized spacial score (nSPS) is 11.6. The Kier molecular flexibility index (Phi) is 5.93. The third kappa shape index (κ3) is 4.75. The van der Waals surface area contributed by atoms with Gasteiger partial charge in [-0.15, -0.1) is 11.3 Å². The fourth-order valence-corrected chi connectivity index (χ4v) is 3.87. The maximum Gasteiger partial charge on any atom is 0.265 e. The summed E-state index contributed by atoms with van der Waals surface area (Å²) in [7, 11) is 0. The quantitative estimate of drug-likeness (QED) is 0.578. The summed E-state index contributed by atoms with van der Waals surface area (Å²) in [5.41, 5.74) is 6.71. The van der Waals surface area contributed by atoms with Gasteiger partial charge in [-0.25, -0.2) is 0 Å². The van der Waals surface area contributed by atoms with Crippen LogP contribution < -0.4 is 15.8 Å². The lowest BCUT2D eigenvalue weighted by molar-refractivity contribution is -0.122. The molecule has 0 spiro atoms. The van der Waals surface area contributed by atoms with E-state index in [2.05, 4.69) is 21.2 Å². The first-order valence-electron chi connectivity index (χ1n) is 8.16. The molecular weight excluding hydrogens is 428 g/mol. The molecule has 0 aliphatic heterocycles. The maximum atomic E-state index is 12.5. The van der Waals surface area contributed by atoms with Crippen molar-refractivity contribution in [3.8, 4) is 16.2 Å². The molecule has 2 aromatic carbocycles. The van der Waals surface area contributed by atoms with Crippen LogP contribution in [0.1, 0.15) is 17.3 Å². The van der Waals surface area contributed by atoms with Crippen LogP contribution in [-0.4, -0.2) is 17.9 Å². The molecule has 0 aliphatic rings. The number of halogens is 1. The third-order valence-corrected chi connectivity index (χ3v) is 5.36. The number of anilines is 1. The van der Waals surface area contributed by atoms with Crippen LogP contribution in [0, 0.1) is 0 Å². The van der Waals surface area contributed by atoms with Crippen LogP contribution in [0.15, 0.2) is 65.1 Å². The minimum atomic E-state index is -0.748. The van der Waals surface area contributed by atoms with E-state index < -0.39 is 12.0 Å². The number of hydrogen-bond donors (Lipinski definition) is 2. The molecule has 1 heterocycles. The highest BCUT2D eigenvalue weighted by molar-refractivity contribution is 9.10. The van der Waals surface area contributed by atoms with Crippen molar-refractivity contribution in [2.24, 2.45) is 5.73 Å². The van der Waals surface area contributed by atoms with Gasteiger partial charge in [-0.1, -0.05) is 52.3 Å². The lowest BCUT2D eigenvalue weighted by Gasteiger charge is -2.14. The van der Waals surface area contributed by atoms with E-state index in [9.17, 15) is 9.59 Å². The Morgan fingerprint density at radius 3 is 2.52 bits per heavy atom. The van der Waals surface area contributed by atoms with Crippen molar-refractivity contribution in [1.29, 1.82) is 0 Å². The first-order valence-corrected chi connectivity index (χ1v) is 9.77. The lowest BCUT2D eigenvalue weighted by atomic mass is 10.1. The molecule has 27 heavy (non-hydrogen) atoms. The van der Waals surface area contributed by atoms with Crippen LogP contribution in [0.3, 0.4) is 0 Å². The van der Waals surface area contributed by atoms with Gasteiger partial charge in [0.2, 0.25) is 0 Å². The first-order chi connectivity index (χ1) is 12.9. The molecule has 138 valence electrons. The predicted octanol–water partition coefficient (Wildman–Crippen LogP) is 4.68. The summed E-state index contributed by atoms with van der Waals surface area (Å²) in [4.78, 5) is 25.2. The van der Waals surface area contributed by atoms with Gasteiger partial charge in [-0.3, -0.25) is 9.59 Å². The second-order valence-corrected chi connectivity index (χ2v) is 7.76. The average Bonchev–Trinajstić information content (AvgIpc) is 3.06. The molecule has 3 aromatic rings. The number of amides is 2. The largest absolute Gasteiger partial charge is 0.481 e. The average molecular weight is 445 g/mol. The Morgan fingerprint density at radius 1 is 1.11 bits per heavy atom. The van der Waals surface area contributed by atoms with Gasteiger partial charge >= 0.3 is 0 Å². The van der Waals surface area contributed by atoms with Crippen molar-refractivity contribution in [3.63, 3.8) is 0 Å². The summed E-state index contributed by atoms with van der Waals surface area (Å²) in [6.07, 6.45) is -0.748. The zero-order chi connectivity index (χ0) is 19.4. The second-order valence-electron chi connectivity index (χ2n) is 5.79. The first kappa shape index (κ1) is 19.1. The number of nitrogens with one attached hydrogen (secondary N) is 1. The molecule has 7 heteroatoms. The molecule has 0 bridgehead atoms. The third-order valence-electron chi connectivity index (χ3n) is 3.77.